The van der Waals surface area contributed by atoms with Crippen LogP contribution in [0.15, 0.2) is 231 Å². The second-order valence-corrected chi connectivity index (χ2v) is 15.2. The van der Waals surface area contributed by atoms with Crippen molar-refractivity contribution >= 4 is 21.8 Å². The first-order valence-corrected chi connectivity index (χ1v) is 20.6. The lowest BCUT2D eigenvalue weighted by atomic mass is 9.98. The molecular weight excluding hydrogens is 741 g/mol. The summed E-state index contributed by atoms with van der Waals surface area (Å²) in [6.45, 7) is 0. The molecule has 2 heterocycles. The van der Waals surface area contributed by atoms with Crippen LogP contribution in [0.3, 0.4) is 0 Å². The quantitative estimate of drug-likeness (QED) is 0.154. The summed E-state index contributed by atoms with van der Waals surface area (Å²) in [6, 6.07) is 81.1. The second-order valence-electron chi connectivity index (χ2n) is 15.2. The van der Waals surface area contributed by atoms with E-state index in [-0.39, 0.29) is 0 Å². The highest BCUT2D eigenvalue weighted by Crippen LogP contribution is 2.39. The van der Waals surface area contributed by atoms with Crippen molar-refractivity contribution in [1.82, 2.24) is 19.5 Å². The predicted molar refractivity (Wildman–Crippen MR) is 252 cm³/mol. The fraction of sp³-hybridized carbons (Fsp3) is 0. The minimum Gasteiger partial charge on any atom is -0.309 e. The molecule has 4 heteroatoms. The number of hydrogen-bond donors (Lipinski definition) is 0. The SMILES string of the molecule is c1ccc(-c2cccc(-c3ccc(-c4nc(-c5ccccc5)nc(-c5cccc6c5c5ccccc5n6-c5ccc(-c6cccc(-c7ccccc7)c6)cc5)n4)cc3)c2)cc1. The zero-order chi connectivity index (χ0) is 40.5. The average molecular weight is 779 g/mol. The second kappa shape index (κ2) is 15.5. The maximum Gasteiger partial charge on any atom is 0.164 e. The first-order valence-electron chi connectivity index (χ1n) is 20.6. The predicted octanol–water partition coefficient (Wildman–Crippen LogP) is 14.6. The Morgan fingerprint density at radius 2 is 0.639 bits per heavy atom. The summed E-state index contributed by atoms with van der Waals surface area (Å²) in [7, 11) is 0. The number of rotatable bonds is 8. The maximum absolute atomic E-state index is 5.24. The van der Waals surface area contributed by atoms with Gasteiger partial charge >= 0.3 is 0 Å². The van der Waals surface area contributed by atoms with E-state index in [9.17, 15) is 0 Å². The Labute approximate surface area is 354 Å². The Morgan fingerprint density at radius 3 is 1.20 bits per heavy atom. The summed E-state index contributed by atoms with van der Waals surface area (Å²) in [5.74, 6) is 1.89. The molecule has 0 N–H and O–H groups in total. The van der Waals surface area contributed by atoms with Crippen molar-refractivity contribution in [2.45, 2.75) is 0 Å². The summed E-state index contributed by atoms with van der Waals surface area (Å²) in [5, 5.41) is 2.24. The number of para-hydroxylation sites is 1. The standard InChI is InChI=1S/C57H38N4/c1-4-15-39(16-5-1)45-21-12-23-47(37-45)41-29-31-44(32-30-41)56-58-55(43-19-8-3-9-20-43)59-57(60-56)51-26-14-28-53-54(51)50-25-10-11-27-52(50)61(53)49-35-33-42(34-36-49)48-24-13-22-46(38-48)40-17-6-2-7-18-40/h1-38H. The van der Waals surface area contributed by atoms with Crippen molar-refractivity contribution < 1.29 is 0 Å². The molecule has 61 heavy (non-hydrogen) atoms. The van der Waals surface area contributed by atoms with Crippen LogP contribution in [-0.2, 0) is 0 Å². The van der Waals surface area contributed by atoms with Crippen LogP contribution < -0.4 is 0 Å². The normalized spacial score (nSPS) is 11.3. The van der Waals surface area contributed by atoms with Crippen LogP contribution in [0, 0.1) is 0 Å². The van der Waals surface area contributed by atoms with Crippen molar-refractivity contribution in [3.8, 4) is 84.4 Å². The molecule has 0 amide bonds. The molecule has 0 unspecified atom stereocenters. The summed E-state index contributed by atoms with van der Waals surface area (Å²) < 4.78 is 2.35. The molecule has 0 radical (unpaired) electrons. The molecule has 9 aromatic carbocycles. The number of fused-ring (bicyclic) bond motifs is 3. The zero-order valence-corrected chi connectivity index (χ0v) is 33.2. The Morgan fingerprint density at radius 1 is 0.262 bits per heavy atom. The number of hydrogen-bond acceptors (Lipinski definition) is 3. The Bertz CT molecular complexity index is 3320. The monoisotopic (exact) mass is 778 g/mol. The highest BCUT2D eigenvalue weighted by atomic mass is 15.0. The minimum atomic E-state index is 0.626. The van der Waals surface area contributed by atoms with E-state index >= 15 is 0 Å². The molecule has 0 saturated heterocycles. The maximum atomic E-state index is 5.24. The molecule has 0 spiro atoms. The minimum absolute atomic E-state index is 0.626. The molecule has 11 rings (SSSR count). The van der Waals surface area contributed by atoms with Crippen LogP contribution in [0.5, 0.6) is 0 Å². The van der Waals surface area contributed by atoms with Crippen LogP contribution in [0.4, 0.5) is 0 Å². The number of nitrogens with zero attached hydrogens (tertiary/aromatic N) is 4. The molecular formula is C57H38N4. The van der Waals surface area contributed by atoms with Gasteiger partial charge in [0.05, 0.1) is 11.0 Å². The fourth-order valence-electron chi connectivity index (χ4n) is 8.46. The van der Waals surface area contributed by atoms with E-state index in [0.29, 0.717) is 17.5 Å². The van der Waals surface area contributed by atoms with E-state index in [1.54, 1.807) is 0 Å². The van der Waals surface area contributed by atoms with Gasteiger partial charge in [0, 0.05) is 33.2 Å². The van der Waals surface area contributed by atoms with E-state index < -0.39 is 0 Å². The van der Waals surface area contributed by atoms with Gasteiger partial charge < -0.3 is 4.57 Å². The molecule has 0 bridgehead atoms. The summed E-state index contributed by atoms with van der Waals surface area (Å²) in [4.78, 5) is 15.5. The van der Waals surface area contributed by atoms with Gasteiger partial charge in [0.2, 0.25) is 0 Å². The summed E-state index contributed by atoms with van der Waals surface area (Å²) >= 11 is 0. The van der Waals surface area contributed by atoms with E-state index in [2.05, 4.69) is 211 Å². The Balaban J connectivity index is 1.00. The van der Waals surface area contributed by atoms with Crippen LogP contribution in [0.1, 0.15) is 0 Å². The largest absolute Gasteiger partial charge is 0.309 e. The third-order valence-electron chi connectivity index (χ3n) is 11.5. The van der Waals surface area contributed by atoms with Crippen molar-refractivity contribution in [3.63, 3.8) is 0 Å². The van der Waals surface area contributed by atoms with Gasteiger partial charge in [0.25, 0.3) is 0 Å². The smallest absolute Gasteiger partial charge is 0.164 e. The van der Waals surface area contributed by atoms with Crippen LogP contribution in [0.2, 0.25) is 0 Å². The molecule has 0 saturated carbocycles. The Hall–Kier alpha value is -8.21. The van der Waals surface area contributed by atoms with Gasteiger partial charge in [0.1, 0.15) is 0 Å². The summed E-state index contributed by atoms with van der Waals surface area (Å²) in [5.41, 5.74) is 15.5. The highest BCUT2D eigenvalue weighted by molar-refractivity contribution is 6.15. The van der Waals surface area contributed by atoms with E-state index in [4.69, 9.17) is 15.0 Å². The lowest BCUT2D eigenvalue weighted by molar-refractivity contribution is 1.08. The Kier molecular flexibility index (Phi) is 9.14. The van der Waals surface area contributed by atoms with Gasteiger partial charge in [-0.05, 0) is 80.9 Å². The number of aromatic nitrogens is 4. The van der Waals surface area contributed by atoms with E-state index in [0.717, 1.165) is 55.3 Å². The fourth-order valence-corrected chi connectivity index (χ4v) is 8.46. The molecule has 286 valence electrons. The van der Waals surface area contributed by atoms with Crippen molar-refractivity contribution in [1.29, 1.82) is 0 Å². The van der Waals surface area contributed by atoms with Crippen molar-refractivity contribution in [2.75, 3.05) is 0 Å². The van der Waals surface area contributed by atoms with Crippen molar-refractivity contribution in [3.05, 3.63) is 231 Å². The highest BCUT2D eigenvalue weighted by Gasteiger charge is 2.20. The zero-order valence-electron chi connectivity index (χ0n) is 33.2. The molecule has 4 nitrogen and oxygen atoms in total. The van der Waals surface area contributed by atoms with Gasteiger partial charge in [-0.1, -0.05) is 194 Å². The van der Waals surface area contributed by atoms with Crippen LogP contribution in [0.25, 0.3) is 106 Å². The van der Waals surface area contributed by atoms with Gasteiger partial charge in [-0.2, -0.15) is 0 Å². The average Bonchev–Trinajstić information content (AvgIpc) is 3.69. The number of benzene rings is 9. The topological polar surface area (TPSA) is 43.6 Å². The van der Waals surface area contributed by atoms with Gasteiger partial charge in [0.15, 0.2) is 17.5 Å². The lowest BCUT2D eigenvalue weighted by Crippen LogP contribution is -2.00. The lowest BCUT2D eigenvalue weighted by Gasteiger charge is -2.12. The van der Waals surface area contributed by atoms with Crippen molar-refractivity contribution in [2.24, 2.45) is 0 Å². The third kappa shape index (κ3) is 6.86. The first-order chi connectivity index (χ1) is 30.2. The molecule has 0 aliphatic heterocycles. The summed E-state index contributed by atoms with van der Waals surface area (Å²) in [6.07, 6.45) is 0. The van der Waals surface area contributed by atoms with E-state index in [1.165, 1.54) is 33.4 Å². The van der Waals surface area contributed by atoms with Gasteiger partial charge in [-0.3, -0.25) is 0 Å². The van der Waals surface area contributed by atoms with Crippen LogP contribution >= 0.6 is 0 Å². The molecule has 0 fully saturated rings. The molecule has 0 atom stereocenters. The molecule has 2 aromatic heterocycles. The van der Waals surface area contributed by atoms with Gasteiger partial charge in [-0.15, -0.1) is 0 Å². The molecule has 11 aromatic rings. The third-order valence-corrected chi connectivity index (χ3v) is 11.5. The first kappa shape index (κ1) is 35.9. The van der Waals surface area contributed by atoms with Crippen LogP contribution in [-0.4, -0.2) is 19.5 Å². The van der Waals surface area contributed by atoms with Gasteiger partial charge in [-0.25, -0.2) is 15.0 Å². The molecule has 0 aliphatic rings. The van der Waals surface area contributed by atoms with E-state index in [1.807, 2.05) is 24.3 Å². The molecule has 0 aliphatic carbocycles.